The van der Waals surface area contributed by atoms with Crippen LogP contribution in [0.25, 0.3) is 0 Å². The summed E-state index contributed by atoms with van der Waals surface area (Å²) < 4.78 is 5.40. The molecule has 1 rings (SSSR count). The van der Waals surface area contributed by atoms with E-state index in [9.17, 15) is 10.1 Å². The van der Waals surface area contributed by atoms with Gasteiger partial charge in [-0.3, -0.25) is 10.1 Å². The van der Waals surface area contributed by atoms with Crippen LogP contribution in [0.3, 0.4) is 0 Å². The van der Waals surface area contributed by atoms with Gasteiger partial charge in [-0.2, -0.15) is 0 Å². The predicted molar refractivity (Wildman–Crippen MR) is 74.7 cm³/mol. The fraction of sp³-hybridized carbons (Fsp3) is 0.583. The number of hydrogen-bond donors (Lipinski definition) is 1. The first-order valence-corrected chi connectivity index (χ1v) is 6.51. The molecule has 0 bridgehead atoms. The van der Waals surface area contributed by atoms with Crippen LogP contribution in [0.4, 0.5) is 11.5 Å². The Morgan fingerprint density at radius 1 is 1.47 bits per heavy atom. The first-order chi connectivity index (χ1) is 9.00. The molecule has 0 aromatic carbocycles. The first-order valence-electron chi connectivity index (χ1n) is 6.13. The number of nitro groups is 1. The van der Waals surface area contributed by atoms with Crippen LogP contribution in [0.15, 0.2) is 12.1 Å². The third kappa shape index (κ3) is 5.85. The zero-order valence-electron chi connectivity index (χ0n) is 11.1. The van der Waals surface area contributed by atoms with E-state index < -0.39 is 4.92 Å². The minimum atomic E-state index is -0.495. The molecule has 19 heavy (non-hydrogen) atoms. The van der Waals surface area contributed by atoms with Gasteiger partial charge >= 0.3 is 5.69 Å². The van der Waals surface area contributed by atoms with Crippen molar-refractivity contribution in [3.63, 3.8) is 0 Å². The molecule has 1 aromatic heterocycles. The highest BCUT2D eigenvalue weighted by Crippen LogP contribution is 2.23. The van der Waals surface area contributed by atoms with E-state index in [1.54, 1.807) is 0 Å². The van der Waals surface area contributed by atoms with E-state index in [2.05, 4.69) is 24.1 Å². The van der Waals surface area contributed by atoms with Gasteiger partial charge in [-0.05, 0) is 18.4 Å². The molecule has 0 saturated carbocycles. The summed E-state index contributed by atoms with van der Waals surface area (Å²) in [6.07, 6.45) is 0.996. The Kier molecular flexibility index (Phi) is 6.52. The van der Waals surface area contributed by atoms with Gasteiger partial charge in [0.05, 0.1) is 11.5 Å². The standard InChI is InChI=1S/C12H18ClN3O3/c1-9(2)5-7-19-8-6-14-12-10(16(17)18)3-4-11(13)15-12/h3-4,9H,5-8H2,1-2H3,(H,14,15). The number of ether oxygens (including phenoxy) is 1. The maximum absolute atomic E-state index is 10.8. The van der Waals surface area contributed by atoms with Crippen molar-refractivity contribution in [1.82, 2.24) is 4.98 Å². The second-order valence-corrected chi connectivity index (χ2v) is 4.87. The Bertz CT molecular complexity index is 427. The van der Waals surface area contributed by atoms with Gasteiger partial charge in [0.2, 0.25) is 5.82 Å². The van der Waals surface area contributed by atoms with Crippen molar-refractivity contribution in [3.05, 3.63) is 27.4 Å². The predicted octanol–water partition coefficient (Wildman–Crippen LogP) is 3.12. The summed E-state index contributed by atoms with van der Waals surface area (Å²) in [7, 11) is 0. The fourth-order valence-corrected chi connectivity index (χ4v) is 1.52. The Labute approximate surface area is 117 Å². The van der Waals surface area contributed by atoms with Crippen LogP contribution in [-0.4, -0.2) is 29.7 Å². The number of nitrogens with one attached hydrogen (secondary N) is 1. The molecule has 0 aliphatic carbocycles. The molecular formula is C12H18ClN3O3. The van der Waals surface area contributed by atoms with Gasteiger partial charge in [0, 0.05) is 19.2 Å². The Morgan fingerprint density at radius 3 is 2.84 bits per heavy atom. The molecule has 0 atom stereocenters. The van der Waals surface area contributed by atoms with E-state index in [4.69, 9.17) is 16.3 Å². The average Bonchev–Trinajstić information content (AvgIpc) is 2.33. The molecule has 0 aliphatic heterocycles. The van der Waals surface area contributed by atoms with E-state index in [0.717, 1.165) is 6.42 Å². The molecule has 1 aromatic rings. The van der Waals surface area contributed by atoms with Crippen LogP contribution in [-0.2, 0) is 4.74 Å². The lowest BCUT2D eigenvalue weighted by molar-refractivity contribution is -0.384. The molecule has 0 unspecified atom stereocenters. The number of hydrogen-bond acceptors (Lipinski definition) is 5. The average molecular weight is 288 g/mol. The first kappa shape index (κ1) is 15.7. The maximum Gasteiger partial charge on any atom is 0.311 e. The smallest absolute Gasteiger partial charge is 0.311 e. The van der Waals surface area contributed by atoms with Crippen molar-refractivity contribution in [1.29, 1.82) is 0 Å². The van der Waals surface area contributed by atoms with E-state index in [-0.39, 0.29) is 16.7 Å². The fourth-order valence-electron chi connectivity index (χ4n) is 1.37. The van der Waals surface area contributed by atoms with Gasteiger partial charge in [0.15, 0.2) is 0 Å². The van der Waals surface area contributed by atoms with E-state index in [1.165, 1.54) is 12.1 Å². The summed E-state index contributed by atoms with van der Waals surface area (Å²) in [5, 5.41) is 13.9. The molecule has 106 valence electrons. The van der Waals surface area contributed by atoms with Crippen LogP contribution < -0.4 is 5.32 Å². The number of rotatable bonds is 8. The molecule has 0 spiro atoms. The third-order valence-corrected chi connectivity index (χ3v) is 2.63. The van der Waals surface area contributed by atoms with Crippen LogP contribution in [0.5, 0.6) is 0 Å². The highest BCUT2D eigenvalue weighted by Gasteiger charge is 2.14. The summed E-state index contributed by atoms with van der Waals surface area (Å²) in [6, 6.07) is 2.72. The lowest BCUT2D eigenvalue weighted by atomic mass is 10.1. The molecule has 7 heteroatoms. The van der Waals surface area contributed by atoms with Crippen molar-refractivity contribution in [2.45, 2.75) is 20.3 Å². The van der Waals surface area contributed by atoms with Crippen LogP contribution in [0.2, 0.25) is 5.15 Å². The quantitative estimate of drug-likeness (QED) is 0.344. The summed E-state index contributed by atoms with van der Waals surface area (Å²) in [4.78, 5) is 14.2. The van der Waals surface area contributed by atoms with Crippen molar-refractivity contribution >= 4 is 23.1 Å². The second-order valence-electron chi connectivity index (χ2n) is 4.48. The second kappa shape index (κ2) is 7.91. The zero-order chi connectivity index (χ0) is 14.3. The number of pyridine rings is 1. The summed E-state index contributed by atoms with van der Waals surface area (Å²) in [5.74, 6) is 0.772. The number of aromatic nitrogens is 1. The van der Waals surface area contributed by atoms with Gasteiger partial charge in [0.25, 0.3) is 0 Å². The van der Waals surface area contributed by atoms with Crippen molar-refractivity contribution in [2.75, 3.05) is 25.1 Å². The van der Waals surface area contributed by atoms with Crippen LogP contribution in [0.1, 0.15) is 20.3 Å². The Hall–Kier alpha value is -1.40. The van der Waals surface area contributed by atoms with Crippen molar-refractivity contribution < 1.29 is 9.66 Å². The van der Waals surface area contributed by atoms with E-state index in [0.29, 0.717) is 25.7 Å². The number of nitrogens with zero attached hydrogens (tertiary/aromatic N) is 2. The van der Waals surface area contributed by atoms with Crippen molar-refractivity contribution in [3.8, 4) is 0 Å². The molecule has 6 nitrogen and oxygen atoms in total. The minimum Gasteiger partial charge on any atom is -0.380 e. The number of halogens is 1. The van der Waals surface area contributed by atoms with Gasteiger partial charge in [-0.25, -0.2) is 4.98 Å². The Balaban J connectivity index is 2.40. The van der Waals surface area contributed by atoms with Crippen LogP contribution in [0, 0.1) is 16.0 Å². The summed E-state index contributed by atoms with van der Waals surface area (Å²) in [5.41, 5.74) is -0.0911. The van der Waals surface area contributed by atoms with Gasteiger partial charge in [-0.15, -0.1) is 0 Å². The molecule has 0 aliphatic rings. The van der Waals surface area contributed by atoms with Gasteiger partial charge in [0.1, 0.15) is 5.15 Å². The lowest BCUT2D eigenvalue weighted by Crippen LogP contribution is -2.12. The summed E-state index contributed by atoms with van der Waals surface area (Å²) in [6.45, 7) is 5.86. The van der Waals surface area contributed by atoms with Gasteiger partial charge < -0.3 is 10.1 Å². The van der Waals surface area contributed by atoms with Crippen molar-refractivity contribution in [2.24, 2.45) is 5.92 Å². The maximum atomic E-state index is 10.8. The molecule has 0 fully saturated rings. The Morgan fingerprint density at radius 2 is 2.21 bits per heavy atom. The number of anilines is 1. The highest BCUT2D eigenvalue weighted by atomic mass is 35.5. The SMILES string of the molecule is CC(C)CCOCCNc1nc(Cl)ccc1[N+](=O)[O-]. The molecular weight excluding hydrogens is 270 g/mol. The minimum absolute atomic E-state index is 0.0911. The molecule has 0 saturated heterocycles. The third-order valence-electron chi connectivity index (χ3n) is 2.42. The monoisotopic (exact) mass is 287 g/mol. The normalized spacial score (nSPS) is 10.7. The molecule has 1 heterocycles. The van der Waals surface area contributed by atoms with E-state index >= 15 is 0 Å². The largest absolute Gasteiger partial charge is 0.380 e. The molecule has 1 N–H and O–H groups in total. The summed E-state index contributed by atoms with van der Waals surface area (Å²) >= 11 is 5.71. The zero-order valence-corrected chi connectivity index (χ0v) is 11.8. The molecule has 0 amide bonds. The lowest BCUT2D eigenvalue weighted by Gasteiger charge is -2.08. The van der Waals surface area contributed by atoms with Gasteiger partial charge in [-0.1, -0.05) is 25.4 Å². The topological polar surface area (TPSA) is 77.3 Å². The highest BCUT2D eigenvalue weighted by molar-refractivity contribution is 6.29. The molecule has 0 radical (unpaired) electrons. The van der Waals surface area contributed by atoms with Crippen LogP contribution >= 0.6 is 11.6 Å². The van der Waals surface area contributed by atoms with E-state index in [1.807, 2.05) is 0 Å².